The fraction of sp³-hybridized carbons (Fsp3) is 0.417. The molecule has 0 unspecified atom stereocenters. The van der Waals surface area contributed by atoms with E-state index in [4.69, 9.17) is 9.72 Å². The molecule has 0 spiro atoms. The maximum absolute atomic E-state index is 13.2. The second kappa shape index (κ2) is 8.61. The van der Waals surface area contributed by atoms with Crippen LogP contribution in [0.3, 0.4) is 0 Å². The third-order valence-corrected chi connectivity index (χ3v) is 6.26. The largest absolute Gasteiger partial charge is 0.433 e. The fourth-order valence-electron chi connectivity index (χ4n) is 4.40. The van der Waals surface area contributed by atoms with Gasteiger partial charge >= 0.3 is 6.18 Å². The second-order valence-electron chi connectivity index (χ2n) is 9.72. The molecule has 4 aromatic rings. The second-order valence-corrected chi connectivity index (χ2v) is 9.72. The highest BCUT2D eigenvalue weighted by Gasteiger charge is 2.37. The summed E-state index contributed by atoms with van der Waals surface area (Å²) in [6.07, 6.45) is -0.236. The van der Waals surface area contributed by atoms with Gasteiger partial charge in [-0.2, -0.15) is 18.3 Å². The molecule has 13 heteroatoms. The van der Waals surface area contributed by atoms with Crippen LogP contribution in [0.1, 0.15) is 37.0 Å². The molecule has 0 radical (unpaired) electrons. The van der Waals surface area contributed by atoms with Gasteiger partial charge in [-0.25, -0.2) is 15.0 Å². The first-order valence-corrected chi connectivity index (χ1v) is 11.5. The van der Waals surface area contributed by atoms with Crippen LogP contribution in [0, 0.1) is 6.92 Å². The topological polar surface area (TPSA) is 104 Å². The molecule has 5 rings (SSSR count). The predicted octanol–water partition coefficient (Wildman–Crippen LogP) is 3.20. The number of aryl methyl sites for hydroxylation is 2. The van der Waals surface area contributed by atoms with Crippen molar-refractivity contribution in [2.45, 2.75) is 38.7 Å². The molecule has 0 amide bonds. The van der Waals surface area contributed by atoms with Gasteiger partial charge in [0.1, 0.15) is 28.8 Å². The van der Waals surface area contributed by atoms with E-state index in [1.54, 1.807) is 24.9 Å². The molecule has 0 aromatic carbocycles. The van der Waals surface area contributed by atoms with Crippen molar-refractivity contribution in [3.63, 3.8) is 0 Å². The lowest BCUT2D eigenvalue weighted by Gasteiger charge is -2.42. The SMILES string of the molecule is Cc1nc2c(-c3ccc(C(F)(F)F)nc3)nc(N3C[C@H](c4cnn(C)c4)OC(C)(C)C3)nc2c(=O)n1C. The van der Waals surface area contributed by atoms with Crippen molar-refractivity contribution in [1.29, 1.82) is 0 Å². The molecule has 1 atom stereocenters. The Morgan fingerprint density at radius 2 is 1.84 bits per heavy atom. The van der Waals surface area contributed by atoms with E-state index in [1.807, 2.05) is 32.0 Å². The summed E-state index contributed by atoms with van der Waals surface area (Å²) in [6, 6.07) is 2.16. The van der Waals surface area contributed by atoms with Crippen LogP contribution in [-0.4, -0.2) is 53.0 Å². The summed E-state index contributed by atoms with van der Waals surface area (Å²) in [5.74, 6) is 0.662. The van der Waals surface area contributed by atoms with Gasteiger partial charge in [0.2, 0.25) is 5.95 Å². The Labute approximate surface area is 209 Å². The molecule has 1 fully saturated rings. The zero-order valence-corrected chi connectivity index (χ0v) is 20.9. The minimum atomic E-state index is -4.58. The number of morpholine rings is 1. The molecular weight excluding hydrogens is 489 g/mol. The number of aromatic nitrogens is 7. The van der Waals surface area contributed by atoms with Crippen molar-refractivity contribution in [2.75, 3.05) is 18.0 Å². The van der Waals surface area contributed by atoms with E-state index in [1.165, 1.54) is 10.6 Å². The van der Waals surface area contributed by atoms with Crippen molar-refractivity contribution < 1.29 is 17.9 Å². The Balaban J connectivity index is 1.67. The highest BCUT2D eigenvalue weighted by Crippen LogP contribution is 2.34. The number of hydrogen-bond donors (Lipinski definition) is 0. The Morgan fingerprint density at radius 3 is 2.46 bits per heavy atom. The van der Waals surface area contributed by atoms with Crippen LogP contribution < -0.4 is 10.5 Å². The van der Waals surface area contributed by atoms with E-state index in [9.17, 15) is 18.0 Å². The minimum Gasteiger partial charge on any atom is -0.364 e. The third kappa shape index (κ3) is 4.66. The first-order valence-electron chi connectivity index (χ1n) is 11.5. The molecule has 1 aliphatic rings. The molecule has 4 aromatic heterocycles. The van der Waals surface area contributed by atoms with Crippen LogP contribution in [-0.2, 0) is 25.0 Å². The van der Waals surface area contributed by atoms with Gasteiger partial charge in [-0.3, -0.25) is 19.0 Å². The molecule has 0 aliphatic carbocycles. The number of alkyl halides is 3. The third-order valence-electron chi connectivity index (χ3n) is 6.26. The van der Waals surface area contributed by atoms with E-state index in [0.717, 1.165) is 17.8 Å². The molecule has 0 bridgehead atoms. The summed E-state index contributed by atoms with van der Waals surface area (Å²) < 4.78 is 48.7. The van der Waals surface area contributed by atoms with Crippen LogP contribution >= 0.6 is 0 Å². The normalized spacial score (nSPS) is 17.9. The van der Waals surface area contributed by atoms with E-state index >= 15 is 0 Å². The Bertz CT molecular complexity index is 1540. The summed E-state index contributed by atoms with van der Waals surface area (Å²) in [6.45, 7) is 6.33. The van der Waals surface area contributed by atoms with Crippen molar-refractivity contribution in [3.8, 4) is 11.3 Å². The first-order chi connectivity index (χ1) is 17.3. The lowest BCUT2D eigenvalue weighted by Crippen LogP contribution is -2.50. The molecule has 37 heavy (non-hydrogen) atoms. The molecular formula is C24H25F3N8O2. The average Bonchev–Trinajstić information content (AvgIpc) is 3.27. The molecule has 10 nitrogen and oxygen atoms in total. The Hall–Kier alpha value is -3.87. The number of hydrogen-bond acceptors (Lipinski definition) is 8. The van der Waals surface area contributed by atoms with Gasteiger partial charge in [0, 0.05) is 44.2 Å². The van der Waals surface area contributed by atoms with Crippen LogP contribution in [0.4, 0.5) is 19.1 Å². The van der Waals surface area contributed by atoms with Crippen LogP contribution in [0.2, 0.25) is 0 Å². The van der Waals surface area contributed by atoms with Crippen LogP contribution in [0.15, 0.2) is 35.5 Å². The van der Waals surface area contributed by atoms with Gasteiger partial charge in [0.25, 0.3) is 5.56 Å². The van der Waals surface area contributed by atoms with Gasteiger partial charge in [-0.1, -0.05) is 0 Å². The Kier molecular flexibility index (Phi) is 5.77. The summed E-state index contributed by atoms with van der Waals surface area (Å²) >= 11 is 0. The van der Waals surface area contributed by atoms with Crippen molar-refractivity contribution in [1.82, 2.24) is 34.3 Å². The fourth-order valence-corrected chi connectivity index (χ4v) is 4.40. The molecule has 5 heterocycles. The van der Waals surface area contributed by atoms with Gasteiger partial charge in [-0.15, -0.1) is 0 Å². The highest BCUT2D eigenvalue weighted by molar-refractivity contribution is 5.89. The number of fused-ring (bicyclic) bond motifs is 1. The number of pyridine rings is 1. The minimum absolute atomic E-state index is 0.0650. The summed E-state index contributed by atoms with van der Waals surface area (Å²) in [5, 5.41) is 4.23. The zero-order valence-electron chi connectivity index (χ0n) is 20.9. The molecule has 194 valence electrons. The number of anilines is 1. The average molecular weight is 515 g/mol. The van der Waals surface area contributed by atoms with Crippen molar-refractivity contribution in [3.05, 3.63) is 58.2 Å². The molecule has 1 saturated heterocycles. The number of nitrogens with zero attached hydrogens (tertiary/aromatic N) is 8. The molecule has 1 aliphatic heterocycles. The van der Waals surface area contributed by atoms with E-state index in [0.29, 0.717) is 18.9 Å². The summed E-state index contributed by atoms with van der Waals surface area (Å²) in [4.78, 5) is 32.4. The Morgan fingerprint density at radius 1 is 1.08 bits per heavy atom. The van der Waals surface area contributed by atoms with E-state index in [2.05, 4.69) is 20.1 Å². The van der Waals surface area contributed by atoms with Gasteiger partial charge in [0.05, 0.1) is 18.3 Å². The maximum Gasteiger partial charge on any atom is 0.433 e. The summed E-state index contributed by atoms with van der Waals surface area (Å²) in [7, 11) is 3.40. The quantitative estimate of drug-likeness (QED) is 0.411. The first kappa shape index (κ1) is 24.8. The van der Waals surface area contributed by atoms with Crippen molar-refractivity contribution in [2.24, 2.45) is 14.1 Å². The van der Waals surface area contributed by atoms with E-state index < -0.39 is 17.5 Å². The highest BCUT2D eigenvalue weighted by atomic mass is 19.4. The standard InChI is InChI=1S/C24H25F3N8O2/c1-13-30-19-18(14-6-7-17(28-8-14)24(25,26)27)31-22(32-20(19)21(36)34(13)5)35-11-16(37-23(2,3)12-35)15-9-29-33(4)10-15/h6-10,16H,11-12H2,1-5H3/t16-/m1/s1. The number of rotatable bonds is 3. The smallest absolute Gasteiger partial charge is 0.364 e. The van der Waals surface area contributed by atoms with Crippen LogP contribution in [0.25, 0.3) is 22.3 Å². The molecule has 0 N–H and O–H groups in total. The van der Waals surface area contributed by atoms with Gasteiger partial charge in [-0.05, 0) is 32.9 Å². The lowest BCUT2D eigenvalue weighted by molar-refractivity contribution is -0.141. The predicted molar refractivity (Wildman–Crippen MR) is 129 cm³/mol. The zero-order chi connectivity index (χ0) is 26.7. The maximum atomic E-state index is 13.2. The monoisotopic (exact) mass is 514 g/mol. The van der Waals surface area contributed by atoms with Gasteiger partial charge < -0.3 is 9.64 Å². The lowest BCUT2D eigenvalue weighted by atomic mass is 10.0. The van der Waals surface area contributed by atoms with Crippen molar-refractivity contribution >= 4 is 17.0 Å². The van der Waals surface area contributed by atoms with Gasteiger partial charge in [0.15, 0.2) is 5.52 Å². The molecule has 0 saturated carbocycles. The number of halogens is 3. The number of ether oxygens (including phenoxy) is 1. The summed E-state index contributed by atoms with van der Waals surface area (Å²) in [5.41, 5.74) is -0.349. The van der Waals surface area contributed by atoms with Crippen LogP contribution in [0.5, 0.6) is 0 Å². The van der Waals surface area contributed by atoms with E-state index in [-0.39, 0.29) is 39.9 Å².